The number of nitrogens with two attached hydrogens (primary N) is 1. The molecule has 1 aromatic rings. The third kappa shape index (κ3) is 3.23. The second-order valence-corrected chi connectivity index (χ2v) is 5.96. The van der Waals surface area contributed by atoms with Crippen molar-refractivity contribution in [2.45, 2.75) is 25.8 Å². The molecule has 6 nitrogen and oxygen atoms in total. The number of benzene rings is 1. The highest BCUT2D eigenvalue weighted by atomic mass is 35.5. The Morgan fingerprint density at radius 3 is 2.43 bits per heavy atom. The zero-order valence-corrected chi connectivity index (χ0v) is 13.8. The van der Waals surface area contributed by atoms with Gasteiger partial charge in [-0.3, -0.25) is 19.3 Å². The Morgan fingerprint density at radius 1 is 1.17 bits per heavy atom. The third-order valence-electron chi connectivity index (χ3n) is 4.31. The number of imide groups is 1. The number of fused-ring (bicyclic) bond motifs is 1. The number of likely N-dealkylation sites (tertiary alicyclic amines) is 1. The molecule has 0 aliphatic carbocycles. The molecule has 0 saturated carbocycles. The first kappa shape index (κ1) is 17.4. The van der Waals surface area contributed by atoms with E-state index in [0.29, 0.717) is 24.2 Å². The summed E-state index contributed by atoms with van der Waals surface area (Å²) in [7, 11) is 0. The van der Waals surface area contributed by atoms with Crippen LogP contribution in [0.15, 0.2) is 18.2 Å². The van der Waals surface area contributed by atoms with E-state index < -0.39 is 0 Å². The number of carbonyl (C=O) groups is 3. The van der Waals surface area contributed by atoms with Crippen molar-refractivity contribution in [1.82, 2.24) is 9.80 Å². The molecule has 0 radical (unpaired) electrons. The molecule has 2 N–H and O–H groups in total. The summed E-state index contributed by atoms with van der Waals surface area (Å²) in [5.41, 5.74) is 7.50. The van der Waals surface area contributed by atoms with Crippen LogP contribution in [-0.4, -0.2) is 53.2 Å². The van der Waals surface area contributed by atoms with Gasteiger partial charge in [-0.05, 0) is 31.9 Å². The van der Waals surface area contributed by atoms with E-state index >= 15 is 0 Å². The fourth-order valence-electron chi connectivity index (χ4n) is 2.93. The van der Waals surface area contributed by atoms with Crippen LogP contribution in [0.2, 0.25) is 0 Å². The van der Waals surface area contributed by atoms with Crippen LogP contribution in [0.4, 0.5) is 0 Å². The van der Waals surface area contributed by atoms with Crippen LogP contribution in [0.5, 0.6) is 0 Å². The molecule has 2 aliphatic rings. The van der Waals surface area contributed by atoms with Gasteiger partial charge >= 0.3 is 0 Å². The number of aryl methyl sites for hydroxylation is 1. The first-order valence-electron chi connectivity index (χ1n) is 7.47. The molecular weight excluding hydrogens is 318 g/mol. The molecule has 0 spiro atoms. The first-order chi connectivity index (χ1) is 10.5. The Kier molecular flexibility index (Phi) is 5.06. The van der Waals surface area contributed by atoms with Crippen molar-refractivity contribution < 1.29 is 14.4 Å². The van der Waals surface area contributed by atoms with E-state index in [9.17, 15) is 14.4 Å². The van der Waals surface area contributed by atoms with Crippen LogP contribution in [0.3, 0.4) is 0 Å². The lowest BCUT2D eigenvalue weighted by atomic mass is 10.1. The summed E-state index contributed by atoms with van der Waals surface area (Å²) in [6, 6.07) is 5.27. The van der Waals surface area contributed by atoms with Gasteiger partial charge in [-0.25, -0.2) is 0 Å². The second kappa shape index (κ2) is 6.68. The van der Waals surface area contributed by atoms with Crippen molar-refractivity contribution in [3.05, 3.63) is 34.9 Å². The van der Waals surface area contributed by atoms with Crippen LogP contribution in [-0.2, 0) is 4.79 Å². The lowest BCUT2D eigenvalue weighted by Gasteiger charge is -2.31. The Morgan fingerprint density at radius 2 is 1.78 bits per heavy atom. The highest BCUT2D eigenvalue weighted by molar-refractivity contribution is 6.22. The minimum Gasteiger partial charge on any atom is -0.341 e. The third-order valence-corrected chi connectivity index (χ3v) is 4.31. The molecule has 1 aromatic carbocycles. The van der Waals surface area contributed by atoms with E-state index in [4.69, 9.17) is 5.73 Å². The Labute approximate surface area is 141 Å². The van der Waals surface area contributed by atoms with Gasteiger partial charge < -0.3 is 10.6 Å². The maximum Gasteiger partial charge on any atom is 0.262 e. The van der Waals surface area contributed by atoms with Gasteiger partial charge in [0.25, 0.3) is 11.8 Å². The topological polar surface area (TPSA) is 83.7 Å². The van der Waals surface area contributed by atoms with Gasteiger partial charge in [-0.1, -0.05) is 11.6 Å². The van der Waals surface area contributed by atoms with E-state index in [1.54, 1.807) is 23.1 Å². The SMILES string of the molecule is Cc1ccc2c(c1)C(=O)N(CC(=O)N1CCC(N)CC1)C2=O.Cl. The van der Waals surface area contributed by atoms with Gasteiger partial charge in [-0.2, -0.15) is 0 Å². The average Bonchev–Trinajstić information content (AvgIpc) is 2.72. The molecular formula is C16H20ClN3O3. The number of hydrogen-bond acceptors (Lipinski definition) is 4. The molecule has 3 rings (SSSR count). The van der Waals surface area contributed by atoms with E-state index in [-0.39, 0.29) is 42.7 Å². The van der Waals surface area contributed by atoms with E-state index in [1.165, 1.54) is 0 Å². The van der Waals surface area contributed by atoms with Crippen LogP contribution in [0.25, 0.3) is 0 Å². The molecule has 3 amide bonds. The molecule has 2 aliphatic heterocycles. The monoisotopic (exact) mass is 337 g/mol. The Balaban J connectivity index is 0.00000192. The van der Waals surface area contributed by atoms with E-state index in [0.717, 1.165) is 23.3 Å². The molecule has 124 valence electrons. The predicted molar refractivity (Wildman–Crippen MR) is 87.6 cm³/mol. The highest BCUT2D eigenvalue weighted by Crippen LogP contribution is 2.24. The summed E-state index contributed by atoms with van der Waals surface area (Å²) < 4.78 is 0. The van der Waals surface area contributed by atoms with Crippen LogP contribution in [0, 0.1) is 6.92 Å². The normalized spacial score (nSPS) is 18.0. The highest BCUT2D eigenvalue weighted by Gasteiger charge is 2.37. The van der Waals surface area contributed by atoms with Crippen molar-refractivity contribution in [3.63, 3.8) is 0 Å². The summed E-state index contributed by atoms with van der Waals surface area (Å²) in [4.78, 5) is 39.7. The van der Waals surface area contributed by atoms with Gasteiger partial charge in [0.15, 0.2) is 0 Å². The molecule has 0 aromatic heterocycles. The second-order valence-electron chi connectivity index (χ2n) is 5.96. The van der Waals surface area contributed by atoms with Crippen molar-refractivity contribution >= 4 is 30.1 Å². The van der Waals surface area contributed by atoms with Crippen molar-refractivity contribution in [2.24, 2.45) is 5.73 Å². The van der Waals surface area contributed by atoms with Crippen molar-refractivity contribution in [2.75, 3.05) is 19.6 Å². The lowest BCUT2D eigenvalue weighted by Crippen LogP contribution is -2.47. The summed E-state index contributed by atoms with van der Waals surface area (Å²) >= 11 is 0. The summed E-state index contributed by atoms with van der Waals surface area (Å²) in [5.74, 6) is -0.967. The molecule has 0 atom stereocenters. The lowest BCUT2D eigenvalue weighted by molar-refractivity contribution is -0.132. The number of piperidine rings is 1. The molecule has 1 fully saturated rings. The fraction of sp³-hybridized carbons (Fsp3) is 0.438. The zero-order valence-electron chi connectivity index (χ0n) is 12.9. The number of halogens is 1. The minimum atomic E-state index is -0.387. The Bertz CT molecular complexity index is 654. The first-order valence-corrected chi connectivity index (χ1v) is 7.47. The number of rotatable bonds is 2. The van der Waals surface area contributed by atoms with Gasteiger partial charge in [0.2, 0.25) is 5.91 Å². The smallest absolute Gasteiger partial charge is 0.262 e. The maximum atomic E-state index is 12.3. The number of carbonyl (C=O) groups excluding carboxylic acids is 3. The van der Waals surface area contributed by atoms with Gasteiger partial charge in [0.05, 0.1) is 11.1 Å². The largest absolute Gasteiger partial charge is 0.341 e. The van der Waals surface area contributed by atoms with E-state index in [2.05, 4.69) is 0 Å². The van der Waals surface area contributed by atoms with E-state index in [1.807, 2.05) is 6.92 Å². The van der Waals surface area contributed by atoms with Crippen molar-refractivity contribution in [1.29, 1.82) is 0 Å². The fourth-order valence-corrected chi connectivity index (χ4v) is 2.93. The summed E-state index contributed by atoms with van der Waals surface area (Å²) in [6.45, 7) is 2.84. The molecule has 1 saturated heterocycles. The van der Waals surface area contributed by atoms with Crippen LogP contribution >= 0.6 is 12.4 Å². The quantitative estimate of drug-likeness (QED) is 0.815. The van der Waals surface area contributed by atoms with Crippen LogP contribution in [0.1, 0.15) is 39.1 Å². The summed E-state index contributed by atoms with van der Waals surface area (Å²) in [5, 5.41) is 0. The molecule has 2 heterocycles. The summed E-state index contributed by atoms with van der Waals surface area (Å²) in [6.07, 6.45) is 1.51. The van der Waals surface area contributed by atoms with Crippen LogP contribution < -0.4 is 5.73 Å². The molecule has 0 unspecified atom stereocenters. The molecule has 0 bridgehead atoms. The Hall–Kier alpha value is -1.92. The maximum absolute atomic E-state index is 12.3. The number of hydrogen-bond donors (Lipinski definition) is 1. The van der Waals surface area contributed by atoms with Crippen molar-refractivity contribution in [3.8, 4) is 0 Å². The van der Waals surface area contributed by atoms with Gasteiger partial charge in [0.1, 0.15) is 6.54 Å². The van der Waals surface area contributed by atoms with Gasteiger partial charge in [0, 0.05) is 19.1 Å². The number of nitrogens with zero attached hydrogens (tertiary/aromatic N) is 2. The zero-order chi connectivity index (χ0) is 15.9. The average molecular weight is 338 g/mol. The molecule has 7 heteroatoms. The standard InChI is InChI=1S/C16H19N3O3.ClH/c1-10-2-3-12-13(8-10)16(22)19(15(12)21)9-14(20)18-6-4-11(17)5-7-18;/h2-3,8,11H,4-7,9,17H2,1H3;1H. The molecule has 23 heavy (non-hydrogen) atoms. The van der Waals surface area contributed by atoms with Gasteiger partial charge in [-0.15, -0.1) is 12.4 Å². The minimum absolute atomic E-state index is 0. The predicted octanol–water partition coefficient (Wildman–Crippen LogP) is 0.963. The number of amides is 3.